The Morgan fingerprint density at radius 3 is 1.74 bits per heavy atom. The lowest BCUT2D eigenvalue weighted by Gasteiger charge is -2.13. The van der Waals surface area contributed by atoms with Crippen LogP contribution in [0.25, 0.3) is 87.4 Å². The summed E-state index contributed by atoms with van der Waals surface area (Å²) in [5, 5.41) is 5.02. The van der Waals surface area contributed by atoms with Crippen molar-refractivity contribution in [3.63, 3.8) is 0 Å². The quantitative estimate of drug-likeness (QED) is 0.193. The Balaban J connectivity index is 1.19. The number of fused-ring (bicyclic) bond motifs is 4. The summed E-state index contributed by atoms with van der Waals surface area (Å²) in [5.41, 5.74) is 7.49. The van der Waals surface area contributed by atoms with Crippen molar-refractivity contribution in [1.82, 2.24) is 15.0 Å². The molecule has 0 aliphatic rings. The second kappa shape index (κ2) is 11.4. The maximum Gasteiger partial charge on any atom is 0.164 e. The molecule has 2 heterocycles. The lowest BCUT2D eigenvalue weighted by Crippen LogP contribution is -2.01. The Kier molecular flexibility index (Phi) is 6.65. The van der Waals surface area contributed by atoms with E-state index in [1.54, 1.807) is 0 Å². The van der Waals surface area contributed by atoms with E-state index in [9.17, 15) is 0 Å². The maximum atomic E-state index is 5.13. The molecule has 0 aliphatic heterocycles. The number of aromatic nitrogens is 3. The fourth-order valence-corrected chi connectivity index (χ4v) is 7.63. The van der Waals surface area contributed by atoms with Crippen LogP contribution in [-0.2, 0) is 0 Å². The third kappa shape index (κ3) is 4.96. The summed E-state index contributed by atoms with van der Waals surface area (Å²) < 4.78 is 2.55. The van der Waals surface area contributed by atoms with Gasteiger partial charge >= 0.3 is 0 Å². The van der Waals surface area contributed by atoms with Gasteiger partial charge in [-0.3, -0.25) is 0 Å². The highest BCUT2D eigenvalue weighted by molar-refractivity contribution is 7.26. The Morgan fingerprint density at radius 1 is 0.340 bits per heavy atom. The highest BCUT2D eigenvalue weighted by atomic mass is 32.1. The summed E-state index contributed by atoms with van der Waals surface area (Å²) in [6.45, 7) is 0. The Hall–Kier alpha value is -5.97. The summed E-state index contributed by atoms with van der Waals surface area (Å²) in [6.07, 6.45) is 0. The fourth-order valence-electron chi connectivity index (χ4n) is 6.39. The minimum Gasteiger partial charge on any atom is -0.208 e. The third-order valence-electron chi connectivity index (χ3n) is 8.76. The number of hydrogen-bond donors (Lipinski definition) is 0. The monoisotopic (exact) mass is 617 g/mol. The zero-order valence-corrected chi connectivity index (χ0v) is 26.2. The standard InChI is InChI=1S/C43H27N3S/c1-2-12-30(13-3-1)41-44-42(31-24-21-29(22-25-31)33-26-23-28-11-4-5-14-32(28)27-33)46-43(45-41)38-17-7-6-15-34(38)36-18-10-19-37-35-16-8-9-20-39(35)47-40(36)37/h1-27H. The van der Waals surface area contributed by atoms with Gasteiger partial charge in [0.15, 0.2) is 17.5 Å². The smallest absolute Gasteiger partial charge is 0.164 e. The average molecular weight is 618 g/mol. The van der Waals surface area contributed by atoms with Crippen molar-refractivity contribution < 1.29 is 0 Å². The summed E-state index contributed by atoms with van der Waals surface area (Å²) in [4.78, 5) is 15.2. The average Bonchev–Trinajstić information content (AvgIpc) is 3.54. The van der Waals surface area contributed by atoms with Gasteiger partial charge in [0.2, 0.25) is 0 Å². The third-order valence-corrected chi connectivity index (χ3v) is 9.98. The van der Waals surface area contributed by atoms with Crippen LogP contribution in [-0.4, -0.2) is 15.0 Å². The summed E-state index contributed by atoms with van der Waals surface area (Å²) in [5.74, 6) is 1.95. The molecule has 0 N–H and O–H groups in total. The molecule has 47 heavy (non-hydrogen) atoms. The predicted octanol–water partition coefficient (Wildman–Crippen LogP) is 11.7. The van der Waals surface area contributed by atoms with E-state index < -0.39 is 0 Å². The lowest BCUT2D eigenvalue weighted by molar-refractivity contribution is 1.07. The normalized spacial score (nSPS) is 11.4. The summed E-state index contributed by atoms with van der Waals surface area (Å²) in [6, 6.07) is 57.4. The first-order valence-corrected chi connectivity index (χ1v) is 16.5. The van der Waals surface area contributed by atoms with Gasteiger partial charge in [-0.15, -0.1) is 11.3 Å². The minimum atomic E-state index is 0.647. The number of nitrogens with zero attached hydrogens (tertiary/aromatic N) is 3. The van der Waals surface area contributed by atoms with E-state index >= 15 is 0 Å². The van der Waals surface area contributed by atoms with Crippen molar-refractivity contribution in [3.8, 4) is 56.4 Å². The molecule has 2 aromatic heterocycles. The second-order valence-electron chi connectivity index (χ2n) is 11.6. The molecule has 9 aromatic rings. The molecule has 0 amide bonds. The molecule has 0 spiro atoms. The van der Waals surface area contributed by atoms with Crippen LogP contribution in [0.2, 0.25) is 0 Å². The molecule has 0 saturated carbocycles. The molecule has 0 unspecified atom stereocenters. The lowest BCUT2D eigenvalue weighted by atomic mass is 9.97. The molecule has 7 aromatic carbocycles. The Labute approximate surface area is 276 Å². The van der Waals surface area contributed by atoms with Gasteiger partial charge in [-0.25, -0.2) is 15.0 Å². The molecule has 9 rings (SSSR count). The van der Waals surface area contributed by atoms with Gasteiger partial charge in [0, 0.05) is 42.4 Å². The van der Waals surface area contributed by atoms with Crippen LogP contribution in [0.15, 0.2) is 164 Å². The molecule has 0 saturated heterocycles. The van der Waals surface area contributed by atoms with E-state index in [2.05, 4.69) is 146 Å². The summed E-state index contributed by atoms with van der Waals surface area (Å²) >= 11 is 1.83. The Bertz CT molecular complexity index is 2570. The van der Waals surface area contributed by atoms with E-state index in [4.69, 9.17) is 15.0 Å². The van der Waals surface area contributed by atoms with Gasteiger partial charge in [-0.05, 0) is 39.6 Å². The molecule has 0 bridgehead atoms. The van der Waals surface area contributed by atoms with Crippen LogP contribution in [0, 0.1) is 0 Å². The van der Waals surface area contributed by atoms with E-state index in [1.807, 2.05) is 29.5 Å². The molecule has 3 nitrogen and oxygen atoms in total. The molecule has 0 atom stereocenters. The van der Waals surface area contributed by atoms with Gasteiger partial charge in [-0.2, -0.15) is 0 Å². The number of rotatable bonds is 5. The molecule has 220 valence electrons. The van der Waals surface area contributed by atoms with Gasteiger partial charge in [0.05, 0.1) is 0 Å². The fraction of sp³-hybridized carbons (Fsp3) is 0. The van der Waals surface area contributed by atoms with Gasteiger partial charge in [0.25, 0.3) is 0 Å². The van der Waals surface area contributed by atoms with Gasteiger partial charge in [-0.1, -0.05) is 152 Å². The van der Waals surface area contributed by atoms with Crippen LogP contribution in [0.4, 0.5) is 0 Å². The van der Waals surface area contributed by atoms with Crippen LogP contribution in [0.3, 0.4) is 0 Å². The van der Waals surface area contributed by atoms with Crippen LogP contribution in [0.1, 0.15) is 0 Å². The first-order chi connectivity index (χ1) is 23.3. The first-order valence-electron chi connectivity index (χ1n) is 15.7. The highest BCUT2D eigenvalue weighted by Crippen LogP contribution is 2.42. The van der Waals surface area contributed by atoms with Gasteiger partial charge in [0.1, 0.15) is 0 Å². The number of thiophene rings is 1. The molecular weight excluding hydrogens is 591 g/mol. The van der Waals surface area contributed by atoms with Crippen molar-refractivity contribution in [2.24, 2.45) is 0 Å². The van der Waals surface area contributed by atoms with E-state index in [-0.39, 0.29) is 0 Å². The zero-order valence-electron chi connectivity index (χ0n) is 25.3. The van der Waals surface area contributed by atoms with Crippen LogP contribution < -0.4 is 0 Å². The van der Waals surface area contributed by atoms with Crippen molar-refractivity contribution in [1.29, 1.82) is 0 Å². The van der Waals surface area contributed by atoms with Crippen LogP contribution in [0.5, 0.6) is 0 Å². The SMILES string of the molecule is c1ccc(-c2nc(-c3ccc(-c4ccc5ccccc5c4)cc3)nc(-c3ccccc3-c3cccc4c3sc3ccccc34)n2)cc1. The van der Waals surface area contributed by atoms with E-state index in [0.29, 0.717) is 17.5 Å². The number of hydrogen-bond acceptors (Lipinski definition) is 4. The van der Waals surface area contributed by atoms with E-state index in [0.717, 1.165) is 27.8 Å². The molecule has 0 radical (unpaired) electrons. The topological polar surface area (TPSA) is 38.7 Å². The maximum absolute atomic E-state index is 5.13. The highest BCUT2D eigenvalue weighted by Gasteiger charge is 2.18. The second-order valence-corrected chi connectivity index (χ2v) is 12.7. The molecular formula is C43H27N3S. The van der Waals surface area contributed by atoms with Crippen LogP contribution >= 0.6 is 11.3 Å². The van der Waals surface area contributed by atoms with Crippen molar-refractivity contribution in [2.45, 2.75) is 0 Å². The van der Waals surface area contributed by atoms with E-state index in [1.165, 1.54) is 42.1 Å². The van der Waals surface area contributed by atoms with Crippen molar-refractivity contribution >= 4 is 42.3 Å². The van der Waals surface area contributed by atoms with Crippen molar-refractivity contribution in [2.75, 3.05) is 0 Å². The Morgan fingerprint density at radius 2 is 0.915 bits per heavy atom. The number of benzene rings is 7. The largest absolute Gasteiger partial charge is 0.208 e. The molecule has 0 aliphatic carbocycles. The summed E-state index contributed by atoms with van der Waals surface area (Å²) in [7, 11) is 0. The molecule has 4 heteroatoms. The minimum absolute atomic E-state index is 0.647. The predicted molar refractivity (Wildman–Crippen MR) is 197 cm³/mol. The zero-order chi connectivity index (χ0) is 31.2. The first kappa shape index (κ1) is 27.3. The van der Waals surface area contributed by atoms with Crippen molar-refractivity contribution in [3.05, 3.63) is 164 Å². The van der Waals surface area contributed by atoms with Gasteiger partial charge < -0.3 is 0 Å². The molecule has 0 fully saturated rings.